The number of phenols is 1. The first kappa shape index (κ1) is 16.6. The Balaban J connectivity index is 1.27. The molecule has 2 aliphatic rings. The van der Waals surface area contributed by atoms with Gasteiger partial charge in [-0.1, -0.05) is 36.4 Å². The van der Waals surface area contributed by atoms with Gasteiger partial charge in [-0.2, -0.15) is 0 Å². The predicted molar refractivity (Wildman–Crippen MR) is 111 cm³/mol. The van der Waals surface area contributed by atoms with Crippen LogP contribution < -0.4 is 0 Å². The van der Waals surface area contributed by atoms with E-state index in [1.54, 1.807) is 6.07 Å². The van der Waals surface area contributed by atoms with E-state index in [-0.39, 0.29) is 0 Å². The average molecular weight is 358 g/mol. The number of nitrogens with zero attached hydrogens (tertiary/aromatic N) is 1. The van der Waals surface area contributed by atoms with E-state index in [4.69, 9.17) is 0 Å². The summed E-state index contributed by atoms with van der Waals surface area (Å²) in [4.78, 5) is 6.16. The van der Waals surface area contributed by atoms with Crippen molar-refractivity contribution in [2.24, 2.45) is 5.92 Å². The molecule has 5 rings (SSSR count). The van der Waals surface area contributed by atoms with Crippen molar-refractivity contribution in [2.75, 3.05) is 19.6 Å². The summed E-state index contributed by atoms with van der Waals surface area (Å²) in [6.07, 6.45) is 7.04. The highest BCUT2D eigenvalue weighted by molar-refractivity contribution is 5.86. The maximum absolute atomic E-state index is 9.87. The molecular weight excluding hydrogens is 332 g/mol. The first-order valence-corrected chi connectivity index (χ1v) is 10.1. The van der Waals surface area contributed by atoms with Crippen LogP contribution >= 0.6 is 0 Å². The van der Waals surface area contributed by atoms with Gasteiger partial charge in [0.05, 0.1) is 0 Å². The number of rotatable bonds is 3. The van der Waals surface area contributed by atoms with Crippen molar-refractivity contribution in [2.45, 2.75) is 25.7 Å². The van der Waals surface area contributed by atoms with E-state index in [2.05, 4.69) is 46.3 Å². The highest BCUT2D eigenvalue weighted by Gasteiger charge is 2.25. The second kappa shape index (κ2) is 6.90. The Labute approximate surface area is 160 Å². The Morgan fingerprint density at radius 3 is 2.78 bits per heavy atom. The van der Waals surface area contributed by atoms with Gasteiger partial charge < -0.3 is 10.1 Å². The monoisotopic (exact) mass is 358 g/mol. The molecule has 138 valence electrons. The zero-order valence-electron chi connectivity index (χ0n) is 15.6. The zero-order valence-corrected chi connectivity index (χ0v) is 15.6. The van der Waals surface area contributed by atoms with Crippen molar-refractivity contribution in [3.8, 4) is 5.75 Å². The highest BCUT2D eigenvalue weighted by Crippen LogP contribution is 2.34. The van der Waals surface area contributed by atoms with Crippen molar-refractivity contribution in [3.05, 3.63) is 71.4 Å². The van der Waals surface area contributed by atoms with E-state index in [1.165, 1.54) is 40.7 Å². The molecule has 0 fully saturated rings. The lowest BCUT2D eigenvalue weighted by Gasteiger charge is -2.32. The summed E-state index contributed by atoms with van der Waals surface area (Å²) < 4.78 is 0. The summed E-state index contributed by atoms with van der Waals surface area (Å²) in [7, 11) is 0. The van der Waals surface area contributed by atoms with E-state index < -0.39 is 0 Å². The number of phenolic OH excluding ortho intramolecular Hbond substituents is 1. The summed E-state index contributed by atoms with van der Waals surface area (Å²) in [5.41, 5.74) is 6.82. The maximum atomic E-state index is 9.87. The number of hydrogen-bond acceptors (Lipinski definition) is 2. The predicted octanol–water partition coefficient (Wildman–Crippen LogP) is 4.77. The standard InChI is InChI=1S/C24H26N2O/c27-20-7-9-24-22(15-20)21-14-17(6-8-23(21)25-24)16-26-12-10-19(11-13-26)18-4-2-1-3-5-18/h1-5,7,9-10,15,17,25,27H,6,8,11-14,16H2. The summed E-state index contributed by atoms with van der Waals surface area (Å²) in [5, 5.41) is 11.1. The third-order valence-corrected chi connectivity index (χ3v) is 6.23. The van der Waals surface area contributed by atoms with Gasteiger partial charge in [0.1, 0.15) is 5.75 Å². The number of nitrogens with one attached hydrogen (secondary N) is 1. The molecule has 2 N–H and O–H groups in total. The SMILES string of the molecule is Oc1ccc2[nH]c3c(c2c1)CC(CN1CC=C(c2ccccc2)CC1)CC3. The molecule has 0 saturated carbocycles. The molecule has 1 aromatic heterocycles. The van der Waals surface area contributed by atoms with E-state index in [1.807, 2.05) is 12.1 Å². The van der Waals surface area contributed by atoms with Crippen molar-refractivity contribution < 1.29 is 5.11 Å². The molecule has 0 saturated heterocycles. The summed E-state index contributed by atoms with van der Waals surface area (Å²) in [6, 6.07) is 16.5. The van der Waals surface area contributed by atoms with Gasteiger partial charge >= 0.3 is 0 Å². The number of aromatic amines is 1. The fourth-order valence-corrected chi connectivity index (χ4v) is 4.79. The zero-order chi connectivity index (χ0) is 18.2. The summed E-state index contributed by atoms with van der Waals surface area (Å²) in [5.74, 6) is 1.06. The molecule has 1 aliphatic heterocycles. The molecule has 1 aliphatic carbocycles. The number of fused-ring (bicyclic) bond motifs is 3. The normalized spacial score (nSPS) is 20.4. The van der Waals surface area contributed by atoms with Crippen LogP contribution in [0.3, 0.4) is 0 Å². The molecular formula is C24H26N2O. The van der Waals surface area contributed by atoms with Crippen LogP contribution in [0.1, 0.15) is 29.7 Å². The van der Waals surface area contributed by atoms with Crippen LogP contribution in [-0.2, 0) is 12.8 Å². The lowest BCUT2D eigenvalue weighted by Crippen LogP contribution is -2.35. The van der Waals surface area contributed by atoms with E-state index in [0.717, 1.165) is 37.9 Å². The van der Waals surface area contributed by atoms with Gasteiger partial charge in [-0.25, -0.2) is 0 Å². The molecule has 3 nitrogen and oxygen atoms in total. The Kier molecular flexibility index (Phi) is 4.25. The molecule has 1 unspecified atom stereocenters. The Morgan fingerprint density at radius 2 is 1.96 bits per heavy atom. The lowest BCUT2D eigenvalue weighted by atomic mass is 9.85. The van der Waals surface area contributed by atoms with E-state index >= 15 is 0 Å². The van der Waals surface area contributed by atoms with Gasteiger partial charge in [-0.05, 0) is 66.5 Å². The van der Waals surface area contributed by atoms with Gasteiger partial charge in [0.2, 0.25) is 0 Å². The van der Waals surface area contributed by atoms with Crippen LogP contribution in [0.2, 0.25) is 0 Å². The molecule has 1 atom stereocenters. The van der Waals surface area contributed by atoms with Gasteiger partial charge in [-0.3, -0.25) is 4.90 Å². The van der Waals surface area contributed by atoms with Crippen LogP contribution in [0.25, 0.3) is 16.5 Å². The van der Waals surface area contributed by atoms with Crippen LogP contribution in [0.5, 0.6) is 5.75 Å². The minimum atomic E-state index is 0.362. The van der Waals surface area contributed by atoms with Crippen LogP contribution in [0.4, 0.5) is 0 Å². The highest BCUT2D eigenvalue weighted by atomic mass is 16.3. The first-order valence-electron chi connectivity index (χ1n) is 10.1. The van der Waals surface area contributed by atoms with Crippen molar-refractivity contribution in [1.29, 1.82) is 0 Å². The smallest absolute Gasteiger partial charge is 0.116 e. The first-order chi connectivity index (χ1) is 13.3. The summed E-state index contributed by atoms with van der Waals surface area (Å²) in [6.45, 7) is 3.38. The second-order valence-corrected chi connectivity index (χ2v) is 8.03. The van der Waals surface area contributed by atoms with E-state index in [9.17, 15) is 5.11 Å². The Hall–Kier alpha value is -2.52. The van der Waals surface area contributed by atoms with Gasteiger partial charge in [0.15, 0.2) is 0 Å². The molecule has 3 aromatic rings. The fraction of sp³-hybridized carbons (Fsp3) is 0.333. The molecule has 2 aromatic carbocycles. The molecule has 0 radical (unpaired) electrons. The van der Waals surface area contributed by atoms with Crippen LogP contribution in [0.15, 0.2) is 54.6 Å². The van der Waals surface area contributed by atoms with Crippen molar-refractivity contribution in [3.63, 3.8) is 0 Å². The molecule has 0 bridgehead atoms. The fourth-order valence-electron chi connectivity index (χ4n) is 4.79. The van der Waals surface area contributed by atoms with Crippen LogP contribution in [0, 0.1) is 5.92 Å². The quantitative estimate of drug-likeness (QED) is 0.708. The molecule has 0 spiro atoms. The van der Waals surface area contributed by atoms with Crippen molar-refractivity contribution >= 4 is 16.5 Å². The van der Waals surface area contributed by atoms with Gasteiger partial charge in [0, 0.05) is 36.2 Å². The third kappa shape index (κ3) is 3.28. The third-order valence-electron chi connectivity index (χ3n) is 6.23. The van der Waals surface area contributed by atoms with Gasteiger partial charge in [0.25, 0.3) is 0 Å². The number of H-pyrrole nitrogens is 1. The Bertz CT molecular complexity index is 986. The number of benzene rings is 2. The summed E-state index contributed by atoms with van der Waals surface area (Å²) >= 11 is 0. The molecule has 0 amide bonds. The topological polar surface area (TPSA) is 39.3 Å². The number of aromatic nitrogens is 1. The maximum Gasteiger partial charge on any atom is 0.116 e. The molecule has 2 heterocycles. The van der Waals surface area contributed by atoms with Crippen molar-refractivity contribution in [1.82, 2.24) is 9.88 Å². The van der Waals surface area contributed by atoms with Gasteiger partial charge in [-0.15, -0.1) is 0 Å². The molecule has 27 heavy (non-hydrogen) atoms. The average Bonchev–Trinajstić information content (AvgIpc) is 3.06. The minimum Gasteiger partial charge on any atom is -0.508 e. The number of aromatic hydroxyl groups is 1. The van der Waals surface area contributed by atoms with E-state index in [0.29, 0.717) is 11.7 Å². The number of hydrogen-bond donors (Lipinski definition) is 2. The lowest BCUT2D eigenvalue weighted by molar-refractivity contribution is 0.238. The molecule has 3 heteroatoms. The minimum absolute atomic E-state index is 0.362. The number of aryl methyl sites for hydroxylation is 1. The Morgan fingerprint density at radius 1 is 1.07 bits per heavy atom. The second-order valence-electron chi connectivity index (χ2n) is 8.03. The van der Waals surface area contributed by atoms with Crippen LogP contribution in [-0.4, -0.2) is 34.6 Å². The largest absolute Gasteiger partial charge is 0.508 e.